The molecule has 0 aliphatic carbocycles. The second kappa shape index (κ2) is 8.99. The van der Waals surface area contributed by atoms with Crippen LogP contribution in [0.4, 0.5) is 10.1 Å². The minimum atomic E-state index is -1.11. The summed E-state index contributed by atoms with van der Waals surface area (Å²) < 4.78 is 12.8. The van der Waals surface area contributed by atoms with Gasteiger partial charge in [-0.05, 0) is 42.3 Å². The Kier molecular flexibility index (Phi) is 6.46. The summed E-state index contributed by atoms with van der Waals surface area (Å²) in [5.41, 5.74) is 1.08. The van der Waals surface area contributed by atoms with Crippen LogP contribution in [0.1, 0.15) is 15.9 Å². The first-order chi connectivity index (χ1) is 12.5. The number of benzene rings is 2. The normalized spacial score (nSPS) is 10.7. The van der Waals surface area contributed by atoms with Crippen molar-refractivity contribution in [3.05, 3.63) is 77.2 Å². The van der Waals surface area contributed by atoms with E-state index in [1.54, 1.807) is 18.2 Å². The van der Waals surface area contributed by atoms with Gasteiger partial charge in [0.05, 0.1) is 5.56 Å². The van der Waals surface area contributed by atoms with Crippen LogP contribution in [-0.4, -0.2) is 23.5 Å². The van der Waals surface area contributed by atoms with E-state index in [0.717, 1.165) is 5.56 Å². The number of aromatic carboxylic acids is 1. The van der Waals surface area contributed by atoms with E-state index < -0.39 is 11.9 Å². The molecule has 0 saturated heterocycles. The molecule has 0 aromatic heterocycles. The van der Waals surface area contributed by atoms with Gasteiger partial charge in [-0.2, -0.15) is 5.26 Å². The minimum Gasteiger partial charge on any atom is -0.478 e. The molecule has 0 bridgehead atoms. The molecule has 0 radical (unpaired) electrons. The average Bonchev–Trinajstić information content (AvgIpc) is 2.63. The molecule has 3 N–H and O–H groups in total. The molecule has 26 heavy (non-hydrogen) atoms. The number of halogens is 1. The highest BCUT2D eigenvalue weighted by molar-refractivity contribution is 6.06. The van der Waals surface area contributed by atoms with Gasteiger partial charge in [-0.15, -0.1) is 0 Å². The lowest BCUT2D eigenvalue weighted by atomic mass is 10.1. The van der Waals surface area contributed by atoms with E-state index in [4.69, 9.17) is 10.4 Å². The molecule has 0 aliphatic rings. The first kappa shape index (κ1) is 18.7. The fourth-order valence-electron chi connectivity index (χ4n) is 2.12. The fourth-order valence-corrected chi connectivity index (χ4v) is 2.12. The third-order valence-corrected chi connectivity index (χ3v) is 3.45. The smallest absolute Gasteiger partial charge is 0.335 e. The Hall–Kier alpha value is -3.66. The van der Waals surface area contributed by atoms with Gasteiger partial charge in [0.25, 0.3) is 5.91 Å². The van der Waals surface area contributed by atoms with Crippen LogP contribution in [0.3, 0.4) is 0 Å². The number of hydrogen-bond acceptors (Lipinski definition) is 4. The van der Waals surface area contributed by atoms with Gasteiger partial charge in [0.1, 0.15) is 17.5 Å². The first-order valence-corrected chi connectivity index (χ1v) is 7.72. The number of anilines is 1. The fraction of sp³-hybridized carbons (Fsp3) is 0.105. The van der Waals surface area contributed by atoms with E-state index in [2.05, 4.69) is 10.6 Å². The Morgan fingerprint density at radius 3 is 2.58 bits per heavy atom. The second-order valence-corrected chi connectivity index (χ2v) is 5.34. The number of carbonyl (C=O) groups excluding carboxylic acids is 1. The van der Waals surface area contributed by atoms with Gasteiger partial charge in [0.15, 0.2) is 0 Å². The van der Waals surface area contributed by atoms with Crippen LogP contribution < -0.4 is 10.6 Å². The lowest BCUT2D eigenvalue weighted by molar-refractivity contribution is -0.112. The van der Waals surface area contributed by atoms with Crippen LogP contribution in [0.2, 0.25) is 0 Å². The van der Waals surface area contributed by atoms with Crippen molar-refractivity contribution < 1.29 is 19.1 Å². The highest BCUT2D eigenvalue weighted by Crippen LogP contribution is 2.11. The number of nitrogens with one attached hydrogen (secondary N) is 2. The molecule has 132 valence electrons. The van der Waals surface area contributed by atoms with Crippen LogP contribution in [-0.2, 0) is 11.2 Å². The summed E-state index contributed by atoms with van der Waals surface area (Å²) in [7, 11) is 0. The second-order valence-electron chi connectivity index (χ2n) is 5.34. The topological polar surface area (TPSA) is 102 Å². The van der Waals surface area contributed by atoms with Crippen molar-refractivity contribution in [2.75, 3.05) is 11.9 Å². The van der Waals surface area contributed by atoms with E-state index in [-0.39, 0.29) is 22.6 Å². The van der Waals surface area contributed by atoms with Crippen LogP contribution in [0.5, 0.6) is 0 Å². The summed E-state index contributed by atoms with van der Waals surface area (Å²) in [6.07, 6.45) is 1.89. The number of rotatable bonds is 7. The molecule has 0 heterocycles. The lowest BCUT2D eigenvalue weighted by Crippen LogP contribution is -2.18. The van der Waals surface area contributed by atoms with Crippen molar-refractivity contribution in [3.8, 4) is 6.07 Å². The molecule has 2 rings (SSSR count). The molecule has 1 amide bonds. The summed E-state index contributed by atoms with van der Waals surface area (Å²) in [4.78, 5) is 23.0. The summed E-state index contributed by atoms with van der Waals surface area (Å²) in [6.45, 7) is 0.457. The Balaban J connectivity index is 1.92. The molecule has 0 fully saturated rings. The average molecular weight is 353 g/mol. The predicted octanol–water partition coefficient (Wildman–Crippen LogP) is 2.70. The molecular weight excluding hydrogens is 337 g/mol. The third kappa shape index (κ3) is 5.46. The Labute approximate surface area is 149 Å². The van der Waals surface area contributed by atoms with Crippen molar-refractivity contribution in [1.82, 2.24) is 5.32 Å². The van der Waals surface area contributed by atoms with Crippen molar-refractivity contribution in [3.63, 3.8) is 0 Å². The van der Waals surface area contributed by atoms with Crippen molar-refractivity contribution in [2.24, 2.45) is 0 Å². The van der Waals surface area contributed by atoms with Crippen LogP contribution >= 0.6 is 0 Å². The van der Waals surface area contributed by atoms with E-state index in [1.165, 1.54) is 42.6 Å². The molecule has 0 atom stereocenters. The summed E-state index contributed by atoms with van der Waals surface area (Å²) in [5, 5.41) is 23.4. The van der Waals surface area contributed by atoms with Gasteiger partial charge in [-0.25, -0.2) is 9.18 Å². The van der Waals surface area contributed by atoms with Crippen LogP contribution in [0, 0.1) is 17.1 Å². The molecule has 0 spiro atoms. The number of carboxylic acids is 1. The van der Waals surface area contributed by atoms with Crippen molar-refractivity contribution in [1.29, 1.82) is 5.26 Å². The van der Waals surface area contributed by atoms with E-state index in [1.807, 2.05) is 0 Å². The lowest BCUT2D eigenvalue weighted by Gasteiger charge is -2.06. The number of hydrogen-bond donors (Lipinski definition) is 3. The predicted molar refractivity (Wildman–Crippen MR) is 93.8 cm³/mol. The van der Waals surface area contributed by atoms with Gasteiger partial charge in [0, 0.05) is 18.4 Å². The minimum absolute atomic E-state index is 0.0303. The Morgan fingerprint density at radius 2 is 1.92 bits per heavy atom. The highest BCUT2D eigenvalue weighted by atomic mass is 19.1. The number of carboxylic acid groups (broad SMARTS) is 1. The summed E-state index contributed by atoms with van der Waals surface area (Å²) in [5.74, 6) is -2.07. The summed E-state index contributed by atoms with van der Waals surface area (Å²) in [6, 6.07) is 13.6. The zero-order chi connectivity index (χ0) is 18.9. The molecule has 6 nitrogen and oxygen atoms in total. The number of nitriles is 1. The van der Waals surface area contributed by atoms with Gasteiger partial charge in [-0.3, -0.25) is 4.79 Å². The van der Waals surface area contributed by atoms with E-state index >= 15 is 0 Å². The maximum absolute atomic E-state index is 12.8. The molecule has 7 heteroatoms. The van der Waals surface area contributed by atoms with Gasteiger partial charge in [0.2, 0.25) is 0 Å². The molecule has 0 unspecified atom stereocenters. The maximum Gasteiger partial charge on any atom is 0.335 e. The van der Waals surface area contributed by atoms with Gasteiger partial charge >= 0.3 is 5.97 Å². The highest BCUT2D eigenvalue weighted by Gasteiger charge is 2.10. The molecule has 0 saturated carbocycles. The quantitative estimate of drug-likeness (QED) is 0.403. The molecule has 0 aliphatic heterocycles. The van der Waals surface area contributed by atoms with Crippen molar-refractivity contribution in [2.45, 2.75) is 6.42 Å². The van der Waals surface area contributed by atoms with Gasteiger partial charge in [-0.1, -0.05) is 18.2 Å². The maximum atomic E-state index is 12.8. The number of nitrogens with zero attached hydrogens (tertiary/aromatic N) is 1. The van der Waals surface area contributed by atoms with Gasteiger partial charge < -0.3 is 15.7 Å². The van der Waals surface area contributed by atoms with E-state index in [9.17, 15) is 14.0 Å². The zero-order valence-corrected chi connectivity index (χ0v) is 13.7. The first-order valence-electron chi connectivity index (χ1n) is 7.72. The number of amides is 1. The SMILES string of the molecule is N#C/C(=C/NCCc1ccc(F)cc1)C(=O)Nc1cccc(C(=O)O)c1. The third-order valence-electron chi connectivity index (χ3n) is 3.45. The zero-order valence-electron chi connectivity index (χ0n) is 13.7. The van der Waals surface area contributed by atoms with Crippen molar-refractivity contribution >= 4 is 17.6 Å². The van der Waals surface area contributed by atoms with Crippen LogP contribution in [0.15, 0.2) is 60.3 Å². The Morgan fingerprint density at radius 1 is 1.19 bits per heavy atom. The number of carbonyl (C=O) groups is 2. The van der Waals surface area contributed by atoms with E-state index in [0.29, 0.717) is 13.0 Å². The standard InChI is InChI=1S/C19H16FN3O3/c20-16-6-4-13(5-7-16)8-9-22-12-15(11-21)18(24)23-17-3-1-2-14(10-17)19(25)26/h1-7,10,12,22H,8-9H2,(H,23,24)(H,25,26)/b15-12-. The molecule has 2 aromatic rings. The largest absolute Gasteiger partial charge is 0.478 e. The van der Waals surface area contributed by atoms with Crippen LogP contribution in [0.25, 0.3) is 0 Å². The monoisotopic (exact) mass is 353 g/mol. The Bertz CT molecular complexity index is 870. The molecular formula is C19H16FN3O3. The summed E-state index contributed by atoms with van der Waals surface area (Å²) >= 11 is 0. The molecule has 2 aromatic carbocycles.